The number of rotatable bonds is 3. The molecular weight excluding hydrogens is 367 g/mol. The van der Waals surface area contributed by atoms with E-state index in [1.807, 2.05) is 5.43 Å². The molecule has 0 fully saturated rings. The maximum Gasteiger partial charge on any atom is 0.310 e. The van der Waals surface area contributed by atoms with Gasteiger partial charge >= 0.3 is 10.2 Å². The molecular formula is C15H13F5N2O2S. The van der Waals surface area contributed by atoms with Gasteiger partial charge in [-0.05, 0) is 42.8 Å². The molecule has 0 aliphatic heterocycles. The summed E-state index contributed by atoms with van der Waals surface area (Å²) in [5.74, 6) is -1.58. The van der Waals surface area contributed by atoms with Gasteiger partial charge in [-0.2, -0.15) is 0 Å². The molecule has 0 aromatic heterocycles. The van der Waals surface area contributed by atoms with Crippen LogP contribution < -0.4 is 10.9 Å². The van der Waals surface area contributed by atoms with Gasteiger partial charge in [-0.15, -0.1) is 0 Å². The van der Waals surface area contributed by atoms with Crippen molar-refractivity contribution in [3.63, 3.8) is 0 Å². The first kappa shape index (κ1) is 18.7. The summed E-state index contributed by atoms with van der Waals surface area (Å²) in [5, 5.41) is 0. The lowest BCUT2D eigenvalue weighted by Gasteiger charge is -2.40. The topological polar surface area (TPSA) is 58.2 Å². The molecule has 0 aliphatic carbocycles. The van der Waals surface area contributed by atoms with E-state index < -0.39 is 26.9 Å². The highest BCUT2D eigenvalue weighted by Crippen LogP contribution is 3.02. The molecule has 0 aliphatic rings. The van der Waals surface area contributed by atoms with Gasteiger partial charge in [0.15, 0.2) is 0 Å². The van der Waals surface area contributed by atoms with Crippen LogP contribution in [0.3, 0.4) is 0 Å². The average Bonchev–Trinajstić information content (AvgIpc) is 2.50. The van der Waals surface area contributed by atoms with Crippen LogP contribution in [0.5, 0.6) is 0 Å². The number of aryl methyl sites for hydroxylation is 1. The number of halogens is 5. The monoisotopic (exact) mass is 380 g/mol. The van der Waals surface area contributed by atoms with Crippen molar-refractivity contribution in [3.05, 3.63) is 65.2 Å². The molecule has 4 nitrogen and oxygen atoms in total. The van der Waals surface area contributed by atoms with Crippen molar-refractivity contribution in [1.29, 1.82) is 0 Å². The first-order valence-electron chi connectivity index (χ1n) is 6.78. The number of carbonyl (C=O) groups is 2. The zero-order valence-electron chi connectivity index (χ0n) is 12.7. The summed E-state index contributed by atoms with van der Waals surface area (Å²) in [4.78, 5) is 21.6. The molecule has 25 heavy (non-hydrogen) atoms. The molecule has 0 heterocycles. The Morgan fingerprint density at radius 2 is 1.32 bits per heavy atom. The Morgan fingerprint density at radius 1 is 0.800 bits per heavy atom. The molecule has 10 heteroatoms. The molecule has 0 spiro atoms. The van der Waals surface area contributed by atoms with Crippen LogP contribution in [0.25, 0.3) is 0 Å². The molecule has 0 unspecified atom stereocenters. The number of hydrogen-bond donors (Lipinski definition) is 2. The van der Waals surface area contributed by atoms with Crippen LogP contribution in [0, 0.1) is 6.92 Å². The van der Waals surface area contributed by atoms with Crippen molar-refractivity contribution in [3.8, 4) is 0 Å². The summed E-state index contributed by atoms with van der Waals surface area (Å²) in [6.07, 6.45) is 0. The van der Waals surface area contributed by atoms with Crippen molar-refractivity contribution in [2.45, 2.75) is 11.8 Å². The lowest BCUT2D eigenvalue weighted by atomic mass is 10.1. The van der Waals surface area contributed by atoms with E-state index in [9.17, 15) is 29.0 Å². The number of carbonyl (C=O) groups excluding carboxylic acids is 2. The minimum Gasteiger partial charge on any atom is -0.267 e. The fourth-order valence-corrected chi connectivity index (χ4v) is 2.59. The van der Waals surface area contributed by atoms with Crippen LogP contribution in [-0.4, -0.2) is 11.8 Å². The van der Waals surface area contributed by atoms with Gasteiger partial charge in [0.25, 0.3) is 11.8 Å². The van der Waals surface area contributed by atoms with Crippen molar-refractivity contribution in [2.75, 3.05) is 0 Å². The fourth-order valence-electron chi connectivity index (χ4n) is 1.94. The van der Waals surface area contributed by atoms with Gasteiger partial charge in [0.05, 0.1) is 0 Å². The van der Waals surface area contributed by atoms with Crippen LogP contribution >= 0.6 is 10.2 Å². The lowest BCUT2D eigenvalue weighted by Crippen LogP contribution is -2.41. The first-order chi connectivity index (χ1) is 11.3. The second kappa shape index (κ2) is 5.45. The van der Waals surface area contributed by atoms with Gasteiger partial charge in [0, 0.05) is 11.1 Å². The van der Waals surface area contributed by atoms with Crippen LogP contribution in [0.15, 0.2) is 53.4 Å². The zero-order chi connectivity index (χ0) is 18.9. The Hall–Kier alpha value is -2.62. The summed E-state index contributed by atoms with van der Waals surface area (Å²) >= 11 is 0. The highest BCUT2D eigenvalue weighted by atomic mass is 32.5. The van der Waals surface area contributed by atoms with Crippen LogP contribution in [0.1, 0.15) is 26.3 Å². The minimum absolute atomic E-state index is 0.125. The SMILES string of the molecule is Cc1ccccc1C(=O)NNC(=O)c1ccc(S(F)(F)(F)(F)F)cc1. The van der Waals surface area contributed by atoms with Gasteiger partial charge in [-0.25, -0.2) is 0 Å². The third kappa shape index (κ3) is 4.69. The molecule has 136 valence electrons. The Kier molecular flexibility index (Phi) is 4.08. The second-order valence-corrected chi connectivity index (χ2v) is 7.63. The van der Waals surface area contributed by atoms with E-state index in [-0.39, 0.29) is 17.7 Å². The van der Waals surface area contributed by atoms with Crippen molar-refractivity contribution in [1.82, 2.24) is 10.9 Å². The maximum atomic E-state index is 12.6. The number of nitrogens with one attached hydrogen (secondary N) is 2. The van der Waals surface area contributed by atoms with Gasteiger partial charge in [0.1, 0.15) is 4.90 Å². The third-order valence-corrected chi connectivity index (χ3v) is 4.40. The molecule has 0 saturated heterocycles. The van der Waals surface area contributed by atoms with E-state index in [0.29, 0.717) is 23.3 Å². The standard InChI is InChI=1S/C15H13F5N2O2S/c1-10-4-2-3-5-13(10)15(24)22-21-14(23)11-6-8-12(9-7-11)25(16,17,18,19)20/h2-9H,1H3,(H,21,23)(H,22,24). The molecule has 2 amide bonds. The number of hydrogen-bond acceptors (Lipinski definition) is 2. The lowest BCUT2D eigenvalue weighted by molar-refractivity contribution is 0.0846. The number of amides is 2. The largest absolute Gasteiger partial charge is 0.310 e. The summed E-state index contributed by atoms with van der Waals surface area (Å²) < 4.78 is 63.0. The molecule has 0 saturated carbocycles. The average molecular weight is 380 g/mol. The minimum atomic E-state index is -9.79. The predicted molar refractivity (Wildman–Crippen MR) is 84.0 cm³/mol. The second-order valence-electron chi connectivity index (χ2n) is 5.22. The molecule has 0 radical (unpaired) electrons. The molecule has 2 N–H and O–H groups in total. The van der Waals surface area contributed by atoms with E-state index in [1.165, 1.54) is 6.07 Å². The molecule has 2 rings (SSSR count). The van der Waals surface area contributed by atoms with E-state index in [4.69, 9.17) is 0 Å². The quantitative estimate of drug-likeness (QED) is 0.598. The summed E-state index contributed by atoms with van der Waals surface area (Å²) in [6.45, 7) is 1.68. The van der Waals surface area contributed by atoms with Gasteiger partial charge in [0.2, 0.25) is 0 Å². The third-order valence-electron chi connectivity index (χ3n) is 3.24. The fraction of sp³-hybridized carbons (Fsp3) is 0.0667. The number of benzene rings is 2. The van der Waals surface area contributed by atoms with E-state index in [0.717, 1.165) is 0 Å². The Morgan fingerprint density at radius 3 is 1.84 bits per heavy atom. The maximum absolute atomic E-state index is 12.6. The number of hydrazine groups is 1. The van der Waals surface area contributed by atoms with Crippen LogP contribution in [0.4, 0.5) is 19.4 Å². The van der Waals surface area contributed by atoms with E-state index in [1.54, 1.807) is 25.1 Å². The Balaban J connectivity index is 2.08. The summed E-state index contributed by atoms with van der Waals surface area (Å²) in [5.41, 5.74) is 4.72. The van der Waals surface area contributed by atoms with Crippen molar-refractivity contribution in [2.24, 2.45) is 0 Å². The highest BCUT2D eigenvalue weighted by Gasteiger charge is 2.65. The van der Waals surface area contributed by atoms with Crippen LogP contribution in [0.2, 0.25) is 0 Å². The Labute approximate surface area is 139 Å². The normalized spacial score (nSPS) is 14.2. The zero-order valence-corrected chi connectivity index (χ0v) is 13.5. The summed E-state index contributed by atoms with van der Waals surface area (Å²) in [6, 6.07) is 7.97. The molecule has 2 aromatic carbocycles. The Bertz CT molecular complexity index is 836. The highest BCUT2D eigenvalue weighted by molar-refractivity contribution is 8.45. The van der Waals surface area contributed by atoms with Gasteiger partial charge in [-0.3, -0.25) is 20.4 Å². The van der Waals surface area contributed by atoms with E-state index in [2.05, 4.69) is 5.43 Å². The molecule has 2 aromatic rings. The van der Waals surface area contributed by atoms with E-state index >= 15 is 0 Å². The smallest absolute Gasteiger partial charge is 0.267 e. The molecule has 0 bridgehead atoms. The van der Waals surface area contributed by atoms with Gasteiger partial charge in [-0.1, -0.05) is 37.6 Å². The van der Waals surface area contributed by atoms with Crippen molar-refractivity contribution >= 4 is 22.0 Å². The molecule has 0 atom stereocenters. The predicted octanol–water partition coefficient (Wildman–Crippen LogP) is 4.73. The summed E-state index contributed by atoms with van der Waals surface area (Å²) in [7, 11) is -9.79. The van der Waals surface area contributed by atoms with Crippen molar-refractivity contribution < 1.29 is 29.0 Å². The first-order valence-corrected chi connectivity index (χ1v) is 8.73. The van der Waals surface area contributed by atoms with Gasteiger partial charge < -0.3 is 0 Å². The van der Waals surface area contributed by atoms with Crippen LogP contribution in [-0.2, 0) is 0 Å².